The number of thioether (sulfide) groups is 1. The SMILES string of the molecule is COC(=O)c1ccc2c(=O)n(C[C@H]3CCCO3)c(S[C@H](C)C(N)=O)nc2c1. The fraction of sp³-hybridized carbons (Fsp3) is 0.444. The second-order valence-electron chi connectivity index (χ2n) is 6.33. The van der Waals surface area contributed by atoms with Gasteiger partial charge in [-0.3, -0.25) is 14.2 Å². The van der Waals surface area contributed by atoms with Gasteiger partial charge in [-0.1, -0.05) is 11.8 Å². The topological polar surface area (TPSA) is 114 Å². The number of esters is 1. The first kappa shape index (κ1) is 19.4. The van der Waals surface area contributed by atoms with Crippen LogP contribution in [-0.2, 0) is 20.8 Å². The Balaban J connectivity index is 2.11. The van der Waals surface area contributed by atoms with Crippen molar-refractivity contribution in [2.45, 2.75) is 42.8 Å². The molecule has 1 aromatic heterocycles. The number of hydrogen-bond donors (Lipinski definition) is 1. The molecule has 1 saturated heterocycles. The van der Waals surface area contributed by atoms with Gasteiger partial charge in [-0.15, -0.1) is 0 Å². The van der Waals surface area contributed by atoms with Crippen molar-refractivity contribution < 1.29 is 19.1 Å². The summed E-state index contributed by atoms with van der Waals surface area (Å²) in [5, 5.41) is 0.196. The van der Waals surface area contributed by atoms with E-state index in [1.54, 1.807) is 13.0 Å². The number of ether oxygens (including phenoxy) is 2. The molecule has 27 heavy (non-hydrogen) atoms. The van der Waals surface area contributed by atoms with E-state index in [1.165, 1.54) is 23.8 Å². The van der Waals surface area contributed by atoms with Crippen molar-refractivity contribution >= 4 is 34.5 Å². The molecule has 9 heteroatoms. The molecule has 2 heterocycles. The summed E-state index contributed by atoms with van der Waals surface area (Å²) >= 11 is 1.12. The third-order valence-corrected chi connectivity index (χ3v) is 5.54. The van der Waals surface area contributed by atoms with Crippen LogP contribution in [0.25, 0.3) is 10.9 Å². The molecule has 0 unspecified atom stereocenters. The van der Waals surface area contributed by atoms with Crippen LogP contribution in [0, 0.1) is 0 Å². The summed E-state index contributed by atoms with van der Waals surface area (Å²) < 4.78 is 11.9. The number of carbonyl (C=O) groups is 2. The normalized spacial score (nSPS) is 17.8. The van der Waals surface area contributed by atoms with Crippen LogP contribution in [0.2, 0.25) is 0 Å². The minimum Gasteiger partial charge on any atom is -0.465 e. The molecule has 2 aromatic rings. The molecule has 1 aliphatic rings. The summed E-state index contributed by atoms with van der Waals surface area (Å²) in [4.78, 5) is 40.9. The van der Waals surface area contributed by atoms with Crippen LogP contribution in [0.15, 0.2) is 28.2 Å². The van der Waals surface area contributed by atoms with Gasteiger partial charge in [-0.2, -0.15) is 0 Å². The summed E-state index contributed by atoms with van der Waals surface area (Å²) in [7, 11) is 1.29. The number of methoxy groups -OCH3 is 1. The lowest BCUT2D eigenvalue weighted by atomic mass is 10.1. The van der Waals surface area contributed by atoms with Gasteiger partial charge >= 0.3 is 5.97 Å². The maximum Gasteiger partial charge on any atom is 0.337 e. The predicted octanol–water partition coefficient (Wildman–Crippen LogP) is 1.33. The van der Waals surface area contributed by atoms with E-state index in [2.05, 4.69) is 4.98 Å². The third kappa shape index (κ3) is 4.14. The molecule has 0 bridgehead atoms. The highest BCUT2D eigenvalue weighted by molar-refractivity contribution is 8.00. The van der Waals surface area contributed by atoms with Gasteiger partial charge in [0.05, 0.1) is 41.5 Å². The molecule has 144 valence electrons. The van der Waals surface area contributed by atoms with E-state index >= 15 is 0 Å². The maximum atomic E-state index is 13.1. The molecule has 1 amide bonds. The lowest BCUT2D eigenvalue weighted by Gasteiger charge is -2.18. The number of aromatic nitrogens is 2. The largest absolute Gasteiger partial charge is 0.465 e. The zero-order valence-electron chi connectivity index (χ0n) is 15.1. The highest BCUT2D eigenvalue weighted by atomic mass is 32.2. The molecule has 0 radical (unpaired) electrons. The fourth-order valence-corrected chi connectivity index (χ4v) is 3.77. The van der Waals surface area contributed by atoms with Crippen LogP contribution in [-0.4, -0.2) is 46.5 Å². The lowest BCUT2D eigenvalue weighted by molar-refractivity contribution is -0.117. The average Bonchev–Trinajstić information content (AvgIpc) is 3.16. The van der Waals surface area contributed by atoms with Crippen LogP contribution in [0.5, 0.6) is 0 Å². The first-order valence-corrected chi connectivity index (χ1v) is 9.49. The number of fused-ring (bicyclic) bond motifs is 1. The number of carbonyl (C=O) groups excluding carboxylic acids is 2. The first-order chi connectivity index (χ1) is 12.9. The summed E-state index contributed by atoms with van der Waals surface area (Å²) in [6.07, 6.45) is 1.74. The van der Waals surface area contributed by atoms with Gasteiger partial charge in [0, 0.05) is 6.61 Å². The molecular formula is C18H21N3O5S. The molecule has 1 aromatic carbocycles. The van der Waals surface area contributed by atoms with Crippen molar-refractivity contribution in [2.75, 3.05) is 13.7 Å². The zero-order valence-corrected chi connectivity index (χ0v) is 16.0. The Bertz CT molecular complexity index is 936. The number of rotatable bonds is 6. The van der Waals surface area contributed by atoms with Crippen LogP contribution in [0.4, 0.5) is 0 Å². The second-order valence-corrected chi connectivity index (χ2v) is 7.64. The monoisotopic (exact) mass is 391 g/mol. The minimum atomic E-state index is -0.561. The Morgan fingerprint density at radius 1 is 1.48 bits per heavy atom. The Morgan fingerprint density at radius 3 is 2.89 bits per heavy atom. The van der Waals surface area contributed by atoms with E-state index in [0.29, 0.717) is 34.8 Å². The molecule has 3 rings (SSSR count). The lowest BCUT2D eigenvalue weighted by Crippen LogP contribution is -2.30. The highest BCUT2D eigenvalue weighted by Gasteiger charge is 2.22. The molecular weight excluding hydrogens is 370 g/mol. The van der Waals surface area contributed by atoms with Gasteiger partial charge in [0.15, 0.2) is 5.16 Å². The van der Waals surface area contributed by atoms with Crippen LogP contribution in [0.3, 0.4) is 0 Å². The van der Waals surface area contributed by atoms with Gasteiger partial charge in [0.2, 0.25) is 5.91 Å². The molecule has 0 saturated carbocycles. The van der Waals surface area contributed by atoms with E-state index in [4.69, 9.17) is 15.2 Å². The summed E-state index contributed by atoms with van der Waals surface area (Å²) in [5.41, 5.74) is 5.79. The number of amides is 1. The van der Waals surface area contributed by atoms with Crippen LogP contribution >= 0.6 is 11.8 Å². The minimum absolute atomic E-state index is 0.0699. The van der Waals surface area contributed by atoms with Crippen molar-refractivity contribution in [3.8, 4) is 0 Å². The predicted molar refractivity (Wildman–Crippen MR) is 101 cm³/mol. The number of nitrogens with two attached hydrogens (primary N) is 1. The summed E-state index contributed by atoms with van der Waals surface area (Å²) in [6, 6.07) is 4.61. The zero-order chi connectivity index (χ0) is 19.6. The van der Waals surface area contributed by atoms with Gasteiger partial charge < -0.3 is 15.2 Å². The molecule has 2 atom stereocenters. The second kappa shape index (κ2) is 8.10. The Hall–Kier alpha value is -2.39. The van der Waals surface area contributed by atoms with Gasteiger partial charge in [0.1, 0.15) is 0 Å². The number of primary amides is 1. The van der Waals surface area contributed by atoms with E-state index in [1.807, 2.05) is 0 Å². The third-order valence-electron chi connectivity index (χ3n) is 4.43. The number of hydrogen-bond acceptors (Lipinski definition) is 7. The van der Waals surface area contributed by atoms with E-state index in [0.717, 1.165) is 24.6 Å². The van der Waals surface area contributed by atoms with Crippen molar-refractivity contribution in [3.63, 3.8) is 0 Å². The molecule has 0 spiro atoms. The van der Waals surface area contributed by atoms with E-state index in [9.17, 15) is 14.4 Å². The Kier molecular flexibility index (Phi) is 5.81. The quantitative estimate of drug-likeness (QED) is 0.449. The van der Waals surface area contributed by atoms with Crippen molar-refractivity contribution in [1.82, 2.24) is 9.55 Å². The van der Waals surface area contributed by atoms with Gasteiger partial charge in [0.25, 0.3) is 5.56 Å². The molecule has 1 aliphatic heterocycles. The van der Waals surface area contributed by atoms with Crippen LogP contribution in [0.1, 0.15) is 30.1 Å². The van der Waals surface area contributed by atoms with E-state index < -0.39 is 17.1 Å². The van der Waals surface area contributed by atoms with Gasteiger partial charge in [-0.25, -0.2) is 9.78 Å². The summed E-state index contributed by atoms with van der Waals surface area (Å²) in [5.74, 6) is -1.01. The summed E-state index contributed by atoms with van der Waals surface area (Å²) in [6.45, 7) is 2.68. The van der Waals surface area contributed by atoms with Crippen molar-refractivity contribution in [1.29, 1.82) is 0 Å². The number of benzene rings is 1. The highest BCUT2D eigenvalue weighted by Crippen LogP contribution is 2.24. The number of nitrogens with zero attached hydrogens (tertiary/aromatic N) is 2. The molecule has 2 N–H and O–H groups in total. The molecule has 1 fully saturated rings. The van der Waals surface area contributed by atoms with E-state index in [-0.39, 0.29) is 11.7 Å². The maximum absolute atomic E-state index is 13.1. The molecule has 8 nitrogen and oxygen atoms in total. The Labute approximate surface area is 160 Å². The van der Waals surface area contributed by atoms with Crippen molar-refractivity contribution in [3.05, 3.63) is 34.1 Å². The Morgan fingerprint density at radius 2 is 2.26 bits per heavy atom. The fourth-order valence-electron chi connectivity index (χ4n) is 2.90. The standard InChI is InChI=1S/C18H21N3O5S/c1-10(15(19)22)27-18-20-14-8-11(17(24)25-2)5-6-13(14)16(23)21(18)9-12-4-3-7-26-12/h5-6,8,10,12H,3-4,7,9H2,1-2H3,(H2,19,22)/t10-,12-/m1/s1. The smallest absolute Gasteiger partial charge is 0.337 e. The average molecular weight is 391 g/mol. The van der Waals surface area contributed by atoms with Gasteiger partial charge in [-0.05, 0) is 38.0 Å². The van der Waals surface area contributed by atoms with Crippen molar-refractivity contribution in [2.24, 2.45) is 5.73 Å². The first-order valence-electron chi connectivity index (χ1n) is 8.61. The molecule has 0 aliphatic carbocycles. The van der Waals surface area contributed by atoms with Crippen LogP contribution < -0.4 is 11.3 Å².